The molecule has 2 unspecified atom stereocenters. The zero-order chi connectivity index (χ0) is 16.9. The zero-order valence-electron chi connectivity index (χ0n) is 13.4. The monoisotopic (exact) mass is 332 g/mol. The fourth-order valence-electron chi connectivity index (χ4n) is 3.24. The number of hydrogen-bond acceptors (Lipinski definition) is 4. The average Bonchev–Trinajstić information content (AvgIpc) is 3.02. The van der Waals surface area contributed by atoms with Crippen LogP contribution >= 0.6 is 0 Å². The van der Waals surface area contributed by atoms with Crippen molar-refractivity contribution in [2.24, 2.45) is 0 Å². The molecule has 1 N–H and O–H groups in total. The van der Waals surface area contributed by atoms with Gasteiger partial charge in [-0.25, -0.2) is 4.39 Å². The molecular formula is C18H21FN2O3. The van der Waals surface area contributed by atoms with E-state index < -0.39 is 11.9 Å². The molecule has 3 heterocycles. The lowest BCUT2D eigenvalue weighted by atomic mass is 10.0. The number of aliphatic hydroxyl groups excluding tert-OH is 1. The van der Waals surface area contributed by atoms with Crippen molar-refractivity contribution in [1.82, 2.24) is 9.88 Å². The predicted molar refractivity (Wildman–Crippen MR) is 85.8 cm³/mol. The fraction of sp³-hybridized carbons (Fsp3) is 0.444. The normalized spacial score (nSPS) is 19.8. The Bertz CT molecular complexity index is 675. The number of likely N-dealkylation sites (tertiary alicyclic amines) is 1. The van der Waals surface area contributed by atoms with E-state index in [-0.39, 0.29) is 17.5 Å². The van der Waals surface area contributed by atoms with Crippen LogP contribution < -0.4 is 0 Å². The summed E-state index contributed by atoms with van der Waals surface area (Å²) in [7, 11) is 0. The number of carbonyl (C=O) groups is 1. The Labute approximate surface area is 140 Å². The highest BCUT2D eigenvalue weighted by atomic mass is 19.1. The lowest BCUT2D eigenvalue weighted by Crippen LogP contribution is -2.41. The zero-order valence-corrected chi connectivity index (χ0v) is 13.4. The van der Waals surface area contributed by atoms with E-state index in [2.05, 4.69) is 4.98 Å². The largest absolute Gasteiger partial charge is 0.467 e. The van der Waals surface area contributed by atoms with Crippen LogP contribution in [0.25, 0.3) is 0 Å². The van der Waals surface area contributed by atoms with Crippen molar-refractivity contribution in [3.63, 3.8) is 0 Å². The van der Waals surface area contributed by atoms with Gasteiger partial charge < -0.3 is 14.4 Å². The quantitative estimate of drug-likeness (QED) is 0.933. The number of rotatable bonds is 4. The maximum atomic E-state index is 13.4. The Kier molecular flexibility index (Phi) is 5.25. The second-order valence-corrected chi connectivity index (χ2v) is 6.16. The van der Waals surface area contributed by atoms with E-state index in [1.54, 1.807) is 17.0 Å². The molecule has 1 fully saturated rings. The van der Waals surface area contributed by atoms with Crippen molar-refractivity contribution < 1.29 is 18.7 Å². The molecule has 2 atom stereocenters. The minimum absolute atomic E-state index is 0.108. The van der Waals surface area contributed by atoms with E-state index in [0.717, 1.165) is 31.9 Å². The number of halogens is 1. The molecule has 0 aliphatic carbocycles. The second kappa shape index (κ2) is 7.57. The van der Waals surface area contributed by atoms with Crippen LogP contribution in [0.4, 0.5) is 4.39 Å². The van der Waals surface area contributed by atoms with Crippen LogP contribution in [0.2, 0.25) is 0 Å². The lowest BCUT2D eigenvalue weighted by molar-refractivity contribution is 0.0556. The van der Waals surface area contributed by atoms with Crippen molar-refractivity contribution >= 4 is 5.91 Å². The maximum absolute atomic E-state index is 13.4. The highest BCUT2D eigenvalue weighted by molar-refractivity contribution is 5.94. The van der Waals surface area contributed by atoms with Gasteiger partial charge in [-0.05, 0) is 31.0 Å². The molecule has 0 bridgehead atoms. The second-order valence-electron chi connectivity index (χ2n) is 6.16. The number of amides is 1. The third kappa shape index (κ3) is 3.82. The molecule has 0 radical (unpaired) electrons. The lowest BCUT2D eigenvalue weighted by Gasteiger charge is -2.31. The number of carbonyl (C=O) groups excluding carboxylic acids is 1. The van der Waals surface area contributed by atoms with Gasteiger partial charge >= 0.3 is 0 Å². The van der Waals surface area contributed by atoms with E-state index in [4.69, 9.17) is 4.42 Å². The van der Waals surface area contributed by atoms with Gasteiger partial charge in [0.05, 0.1) is 18.0 Å². The number of hydrogen-bond donors (Lipinski definition) is 1. The Morgan fingerprint density at radius 2 is 2.29 bits per heavy atom. The summed E-state index contributed by atoms with van der Waals surface area (Å²) >= 11 is 0. The van der Waals surface area contributed by atoms with Gasteiger partial charge in [0.25, 0.3) is 5.91 Å². The Morgan fingerprint density at radius 3 is 3.04 bits per heavy atom. The van der Waals surface area contributed by atoms with Crippen LogP contribution in [0.3, 0.4) is 0 Å². The minimum atomic E-state index is -0.760. The van der Waals surface area contributed by atoms with Crippen molar-refractivity contribution in [2.45, 2.75) is 44.2 Å². The van der Waals surface area contributed by atoms with Crippen LogP contribution in [-0.2, 0) is 0 Å². The Morgan fingerprint density at radius 1 is 1.42 bits per heavy atom. The summed E-state index contributed by atoms with van der Waals surface area (Å²) in [5.41, 5.74) is 0.245. The highest BCUT2D eigenvalue weighted by Gasteiger charge is 2.29. The fourth-order valence-corrected chi connectivity index (χ4v) is 3.24. The molecule has 2 aromatic rings. The maximum Gasteiger partial charge on any atom is 0.255 e. The van der Waals surface area contributed by atoms with Gasteiger partial charge in [0.2, 0.25) is 0 Å². The van der Waals surface area contributed by atoms with Gasteiger partial charge in [-0.15, -0.1) is 0 Å². The summed E-state index contributed by atoms with van der Waals surface area (Å²) in [4.78, 5) is 18.3. The summed E-state index contributed by atoms with van der Waals surface area (Å²) in [5, 5.41) is 10.4. The molecular weight excluding hydrogens is 311 g/mol. The van der Waals surface area contributed by atoms with Crippen LogP contribution in [0.1, 0.15) is 54.3 Å². The van der Waals surface area contributed by atoms with Crippen LogP contribution in [0.5, 0.6) is 0 Å². The molecule has 1 aliphatic heterocycles. The number of nitrogens with zero attached hydrogens (tertiary/aromatic N) is 2. The van der Waals surface area contributed by atoms with Crippen molar-refractivity contribution in [3.8, 4) is 0 Å². The number of aliphatic hydroxyl groups is 1. The average molecular weight is 332 g/mol. The number of pyridine rings is 1. The Hall–Kier alpha value is -2.21. The molecule has 1 amide bonds. The third-order valence-corrected chi connectivity index (χ3v) is 4.46. The Balaban J connectivity index is 1.78. The molecule has 5 nitrogen and oxygen atoms in total. The summed E-state index contributed by atoms with van der Waals surface area (Å²) in [6, 6.07) is 4.56. The van der Waals surface area contributed by atoms with Gasteiger partial charge in [-0.2, -0.15) is 0 Å². The molecule has 0 spiro atoms. The first-order chi connectivity index (χ1) is 11.6. The summed E-state index contributed by atoms with van der Waals surface area (Å²) in [5.74, 6) is -0.262. The van der Waals surface area contributed by atoms with E-state index in [1.165, 1.54) is 18.5 Å². The van der Waals surface area contributed by atoms with Crippen LogP contribution in [-0.4, -0.2) is 33.5 Å². The van der Waals surface area contributed by atoms with Gasteiger partial charge in [-0.3, -0.25) is 9.78 Å². The summed E-state index contributed by atoms with van der Waals surface area (Å²) in [6.07, 6.45) is 7.39. The van der Waals surface area contributed by atoms with Gasteiger partial charge in [0, 0.05) is 25.2 Å². The molecule has 1 aliphatic rings. The number of aromatic nitrogens is 1. The molecule has 24 heavy (non-hydrogen) atoms. The minimum Gasteiger partial charge on any atom is -0.467 e. The SMILES string of the molecule is O=C(c1cncc(F)c1)N1CCCCCC1CC(O)c1ccco1. The van der Waals surface area contributed by atoms with Gasteiger partial charge in [0.1, 0.15) is 17.7 Å². The van der Waals surface area contributed by atoms with E-state index in [1.807, 2.05) is 0 Å². The van der Waals surface area contributed by atoms with Crippen LogP contribution in [0, 0.1) is 5.82 Å². The van der Waals surface area contributed by atoms with E-state index in [9.17, 15) is 14.3 Å². The molecule has 0 aromatic carbocycles. The van der Waals surface area contributed by atoms with Crippen LogP contribution in [0.15, 0.2) is 41.3 Å². The molecule has 6 heteroatoms. The topological polar surface area (TPSA) is 66.6 Å². The van der Waals surface area contributed by atoms with Gasteiger partial charge in [-0.1, -0.05) is 12.8 Å². The molecule has 3 rings (SSSR count). The van der Waals surface area contributed by atoms with Crippen molar-refractivity contribution in [3.05, 3.63) is 54.0 Å². The first kappa shape index (κ1) is 16.6. The molecule has 2 aromatic heterocycles. The van der Waals surface area contributed by atoms with E-state index >= 15 is 0 Å². The van der Waals surface area contributed by atoms with E-state index in [0.29, 0.717) is 18.7 Å². The molecule has 128 valence electrons. The summed E-state index contributed by atoms with van der Waals surface area (Å²) < 4.78 is 18.6. The number of furan rings is 1. The first-order valence-corrected chi connectivity index (χ1v) is 8.28. The smallest absolute Gasteiger partial charge is 0.255 e. The standard InChI is InChI=1S/C18H21FN2O3/c19-14-9-13(11-20-12-14)18(23)21-7-3-1-2-5-15(21)10-16(22)17-6-4-8-24-17/h4,6,8-9,11-12,15-16,22H,1-3,5,7,10H2. The molecule has 0 saturated carbocycles. The first-order valence-electron chi connectivity index (χ1n) is 8.28. The summed E-state index contributed by atoms with van der Waals surface area (Å²) in [6.45, 7) is 0.602. The highest BCUT2D eigenvalue weighted by Crippen LogP contribution is 2.27. The third-order valence-electron chi connectivity index (χ3n) is 4.46. The van der Waals surface area contributed by atoms with Crippen molar-refractivity contribution in [2.75, 3.05) is 6.54 Å². The predicted octanol–water partition coefficient (Wildman–Crippen LogP) is 3.32. The van der Waals surface area contributed by atoms with Crippen molar-refractivity contribution in [1.29, 1.82) is 0 Å². The molecule has 1 saturated heterocycles. The van der Waals surface area contributed by atoms with Gasteiger partial charge in [0.15, 0.2) is 0 Å².